The quantitative estimate of drug-likeness (QED) is 0.739. The number of hydrogen-bond acceptors (Lipinski definition) is 2. The highest BCUT2D eigenvalue weighted by Crippen LogP contribution is 2.20. The molecule has 1 aromatic rings. The number of benzene rings is 1. The predicted molar refractivity (Wildman–Crippen MR) is 85.8 cm³/mol. The number of amides is 1. The van der Waals surface area contributed by atoms with Gasteiger partial charge in [-0.15, -0.1) is 0 Å². The molecule has 0 fully saturated rings. The third kappa shape index (κ3) is 5.70. The van der Waals surface area contributed by atoms with Gasteiger partial charge >= 0.3 is 0 Å². The van der Waals surface area contributed by atoms with Crippen molar-refractivity contribution in [3.63, 3.8) is 0 Å². The smallest absolute Gasteiger partial charge is 0.252 e. The maximum Gasteiger partial charge on any atom is 0.252 e. The Balaban J connectivity index is 2.31. The first-order valence-electron chi connectivity index (χ1n) is 7.04. The second-order valence-electron chi connectivity index (χ2n) is 4.61. The van der Waals surface area contributed by atoms with Crippen molar-refractivity contribution >= 4 is 29.1 Å². The van der Waals surface area contributed by atoms with Gasteiger partial charge in [0.25, 0.3) is 5.91 Å². The molecule has 0 unspecified atom stereocenters. The van der Waals surface area contributed by atoms with Gasteiger partial charge in [-0.1, -0.05) is 37.0 Å². The summed E-state index contributed by atoms with van der Waals surface area (Å²) >= 11 is 11.9. The number of halogens is 2. The number of nitrogens with zero attached hydrogens (tertiary/aromatic N) is 1. The Hall–Kier alpha value is -0.770. The van der Waals surface area contributed by atoms with Crippen LogP contribution in [0.15, 0.2) is 18.2 Å². The van der Waals surface area contributed by atoms with Crippen molar-refractivity contribution in [1.82, 2.24) is 10.2 Å². The Bertz CT molecular complexity index is 434. The molecule has 0 heterocycles. The minimum absolute atomic E-state index is 0.166. The van der Waals surface area contributed by atoms with Gasteiger partial charge in [0.15, 0.2) is 0 Å². The van der Waals surface area contributed by atoms with E-state index in [1.54, 1.807) is 18.2 Å². The predicted octanol–water partition coefficient (Wildman–Crippen LogP) is 3.85. The van der Waals surface area contributed by atoms with E-state index in [1.165, 1.54) is 0 Å². The van der Waals surface area contributed by atoms with E-state index in [0.29, 0.717) is 22.2 Å². The topological polar surface area (TPSA) is 32.3 Å². The molecule has 1 N–H and O–H groups in total. The second kappa shape index (κ2) is 9.22. The molecule has 0 saturated carbocycles. The number of carbonyl (C=O) groups is 1. The van der Waals surface area contributed by atoms with E-state index in [0.717, 1.165) is 32.5 Å². The molecule has 5 heteroatoms. The summed E-state index contributed by atoms with van der Waals surface area (Å²) in [4.78, 5) is 14.3. The summed E-state index contributed by atoms with van der Waals surface area (Å²) in [6.07, 6.45) is 2.03. The lowest BCUT2D eigenvalue weighted by Crippen LogP contribution is -2.27. The van der Waals surface area contributed by atoms with Crippen molar-refractivity contribution in [2.24, 2.45) is 0 Å². The van der Waals surface area contributed by atoms with Crippen molar-refractivity contribution in [2.75, 3.05) is 26.2 Å². The van der Waals surface area contributed by atoms with Crippen LogP contribution in [0.2, 0.25) is 10.0 Å². The Morgan fingerprint density at radius 2 is 1.90 bits per heavy atom. The van der Waals surface area contributed by atoms with Gasteiger partial charge < -0.3 is 10.2 Å². The van der Waals surface area contributed by atoms with Crippen molar-refractivity contribution < 1.29 is 4.79 Å². The zero-order valence-electron chi connectivity index (χ0n) is 12.1. The number of rotatable bonds is 8. The minimum Gasteiger partial charge on any atom is -0.352 e. The molecule has 1 aromatic carbocycles. The lowest BCUT2D eigenvalue weighted by Gasteiger charge is -2.17. The van der Waals surface area contributed by atoms with E-state index < -0.39 is 0 Å². The molecule has 0 radical (unpaired) electrons. The summed E-state index contributed by atoms with van der Waals surface area (Å²) in [6.45, 7) is 8.19. The Labute approximate surface area is 131 Å². The molecule has 112 valence electrons. The van der Waals surface area contributed by atoms with Crippen LogP contribution < -0.4 is 5.32 Å². The zero-order chi connectivity index (χ0) is 15.0. The van der Waals surface area contributed by atoms with Gasteiger partial charge in [-0.3, -0.25) is 4.79 Å². The third-order valence-electron chi connectivity index (χ3n) is 3.25. The molecule has 0 aliphatic heterocycles. The standard InChI is InChI=1S/C15H22Cl2N2O/c1-3-19(4-2)10-6-5-9-18-15(20)13-11-12(16)7-8-14(13)17/h7-8,11H,3-6,9-10H2,1-2H3,(H,18,20). The van der Waals surface area contributed by atoms with Crippen LogP contribution in [0.25, 0.3) is 0 Å². The lowest BCUT2D eigenvalue weighted by atomic mass is 10.2. The first-order valence-corrected chi connectivity index (χ1v) is 7.79. The number of carbonyl (C=O) groups excluding carboxylic acids is 1. The van der Waals surface area contributed by atoms with Crippen molar-refractivity contribution in [3.05, 3.63) is 33.8 Å². The van der Waals surface area contributed by atoms with Crippen LogP contribution in [-0.4, -0.2) is 37.0 Å². The first kappa shape index (κ1) is 17.3. The van der Waals surface area contributed by atoms with E-state index in [-0.39, 0.29) is 5.91 Å². The summed E-state index contributed by atoms with van der Waals surface area (Å²) in [5.41, 5.74) is 0.433. The van der Waals surface area contributed by atoms with Crippen molar-refractivity contribution in [2.45, 2.75) is 26.7 Å². The van der Waals surface area contributed by atoms with Crippen LogP contribution in [-0.2, 0) is 0 Å². The molecule has 0 bridgehead atoms. The maximum atomic E-state index is 12.0. The molecule has 0 aliphatic carbocycles. The highest BCUT2D eigenvalue weighted by molar-refractivity contribution is 6.35. The van der Waals surface area contributed by atoms with Crippen LogP contribution >= 0.6 is 23.2 Å². The molecule has 0 aliphatic rings. The summed E-state index contributed by atoms with van der Waals surface area (Å²) in [5.74, 6) is -0.166. The normalized spacial score (nSPS) is 10.8. The molecule has 0 aromatic heterocycles. The monoisotopic (exact) mass is 316 g/mol. The molecule has 0 saturated heterocycles. The van der Waals surface area contributed by atoms with Crippen LogP contribution in [0.5, 0.6) is 0 Å². The molecule has 1 amide bonds. The van der Waals surface area contributed by atoms with E-state index in [1.807, 2.05) is 0 Å². The van der Waals surface area contributed by atoms with E-state index in [2.05, 4.69) is 24.1 Å². The average molecular weight is 317 g/mol. The first-order chi connectivity index (χ1) is 9.58. The van der Waals surface area contributed by atoms with Crippen LogP contribution in [0.3, 0.4) is 0 Å². The highest BCUT2D eigenvalue weighted by atomic mass is 35.5. The van der Waals surface area contributed by atoms with Gasteiger partial charge in [-0.2, -0.15) is 0 Å². The molecule has 3 nitrogen and oxygen atoms in total. The van der Waals surface area contributed by atoms with Gasteiger partial charge in [0, 0.05) is 11.6 Å². The molecule has 20 heavy (non-hydrogen) atoms. The Kier molecular flexibility index (Phi) is 7.97. The van der Waals surface area contributed by atoms with Gasteiger partial charge in [0.2, 0.25) is 0 Å². The van der Waals surface area contributed by atoms with E-state index >= 15 is 0 Å². The zero-order valence-corrected chi connectivity index (χ0v) is 13.6. The summed E-state index contributed by atoms with van der Waals surface area (Å²) in [7, 11) is 0. The fraction of sp³-hybridized carbons (Fsp3) is 0.533. The highest BCUT2D eigenvalue weighted by Gasteiger charge is 2.10. The van der Waals surface area contributed by atoms with Crippen LogP contribution in [0.1, 0.15) is 37.0 Å². The van der Waals surface area contributed by atoms with E-state index in [9.17, 15) is 4.79 Å². The molecular formula is C15H22Cl2N2O. The minimum atomic E-state index is -0.166. The SMILES string of the molecule is CCN(CC)CCCCNC(=O)c1cc(Cl)ccc1Cl. The van der Waals surface area contributed by atoms with Crippen LogP contribution in [0, 0.1) is 0 Å². The fourth-order valence-electron chi connectivity index (χ4n) is 1.97. The Morgan fingerprint density at radius 3 is 2.55 bits per heavy atom. The molecular weight excluding hydrogens is 295 g/mol. The van der Waals surface area contributed by atoms with Crippen molar-refractivity contribution in [1.29, 1.82) is 0 Å². The lowest BCUT2D eigenvalue weighted by molar-refractivity contribution is 0.0952. The van der Waals surface area contributed by atoms with Gasteiger partial charge in [0.1, 0.15) is 0 Å². The molecule has 0 atom stereocenters. The summed E-state index contributed by atoms with van der Waals surface area (Å²) in [5, 5.41) is 3.82. The van der Waals surface area contributed by atoms with Gasteiger partial charge in [-0.25, -0.2) is 0 Å². The summed E-state index contributed by atoms with van der Waals surface area (Å²) < 4.78 is 0. The van der Waals surface area contributed by atoms with E-state index in [4.69, 9.17) is 23.2 Å². The molecule has 0 spiro atoms. The largest absolute Gasteiger partial charge is 0.352 e. The van der Waals surface area contributed by atoms with Gasteiger partial charge in [0.05, 0.1) is 10.6 Å². The third-order valence-corrected chi connectivity index (χ3v) is 3.82. The maximum absolute atomic E-state index is 12.0. The number of unbranched alkanes of at least 4 members (excludes halogenated alkanes) is 1. The average Bonchev–Trinajstić information content (AvgIpc) is 2.45. The second-order valence-corrected chi connectivity index (χ2v) is 5.46. The number of nitrogens with one attached hydrogen (secondary N) is 1. The van der Waals surface area contributed by atoms with Crippen LogP contribution in [0.4, 0.5) is 0 Å². The summed E-state index contributed by atoms with van der Waals surface area (Å²) in [6, 6.07) is 4.90. The molecule has 1 rings (SSSR count). The number of hydrogen-bond donors (Lipinski definition) is 1. The fourth-order valence-corrected chi connectivity index (χ4v) is 2.34. The van der Waals surface area contributed by atoms with Gasteiger partial charge in [-0.05, 0) is 50.7 Å². The van der Waals surface area contributed by atoms with Crippen molar-refractivity contribution in [3.8, 4) is 0 Å². The Morgan fingerprint density at radius 1 is 1.20 bits per heavy atom.